The molecule has 0 fully saturated rings. The Balaban J connectivity index is 0.00000455. The fourth-order valence-electron chi connectivity index (χ4n) is 6.99. The molecular weight excluding hydrogens is 951 g/mol. The van der Waals surface area contributed by atoms with Gasteiger partial charge < -0.3 is 0 Å². The summed E-state index contributed by atoms with van der Waals surface area (Å²) in [7, 11) is 0. The Morgan fingerprint density at radius 1 is 0.632 bits per heavy atom. The van der Waals surface area contributed by atoms with Crippen molar-refractivity contribution in [1.82, 2.24) is 15.0 Å². The van der Waals surface area contributed by atoms with Crippen LogP contribution in [-0.2, 0) is 31.9 Å². The number of ether oxygens (including phenoxy) is 1. The van der Waals surface area contributed by atoms with Gasteiger partial charge in [-0.05, 0) is 40.3 Å². The van der Waals surface area contributed by atoms with Crippen LogP contribution in [0.15, 0.2) is 134 Å². The van der Waals surface area contributed by atoms with Crippen molar-refractivity contribution < 1.29 is 25.8 Å². The molecule has 0 amide bonds. The number of nitrogens with zero attached hydrogens (tertiary/aromatic N) is 6. The average Bonchev–Trinajstić information content (AvgIpc) is 3.60. The van der Waals surface area contributed by atoms with Crippen molar-refractivity contribution in [2.24, 2.45) is 0 Å². The topological polar surface area (TPSA) is 57.6 Å². The van der Waals surface area contributed by atoms with E-state index in [9.17, 15) is 0 Å². The molecule has 9 heteroatoms. The van der Waals surface area contributed by atoms with Crippen LogP contribution in [0, 0.1) is 18.8 Å². The van der Waals surface area contributed by atoms with Crippen molar-refractivity contribution in [3.63, 3.8) is 0 Å². The summed E-state index contributed by atoms with van der Waals surface area (Å²) < 4.78 is 8.96. The van der Waals surface area contributed by atoms with Gasteiger partial charge in [-0.2, -0.15) is 0 Å². The van der Waals surface area contributed by atoms with Crippen LogP contribution >= 0.6 is 0 Å². The Morgan fingerprint density at radius 3 is 2.25 bits per heavy atom. The quantitative estimate of drug-likeness (QED) is 0.122. The third-order valence-corrected chi connectivity index (χ3v) is 12.3. The maximum absolute atomic E-state index is 6.57. The summed E-state index contributed by atoms with van der Waals surface area (Å²) in [5.41, 5.74) is 9.61. The van der Waals surface area contributed by atoms with E-state index in [0.29, 0.717) is 11.5 Å². The maximum atomic E-state index is 6.57. The average molecular weight is 992 g/mol. The summed E-state index contributed by atoms with van der Waals surface area (Å²) >= 11 is 0.0459. The predicted molar refractivity (Wildman–Crippen MR) is 228 cm³/mol. The fraction of sp³-hybridized carbons (Fsp3) is 0.167. The molecule has 0 bridgehead atoms. The van der Waals surface area contributed by atoms with E-state index >= 15 is 0 Å². The number of benzene rings is 4. The Bertz CT molecular complexity index is 2580. The fourth-order valence-corrected chi connectivity index (χ4v) is 9.07. The summed E-state index contributed by atoms with van der Waals surface area (Å²) in [5.74, 6) is 2.84. The van der Waals surface area contributed by atoms with E-state index in [4.69, 9.17) is 14.7 Å². The molecular formula is C48H41N6OPtSe-3. The molecule has 2 aliphatic heterocycles. The number of hydrogen-bond donors (Lipinski definition) is 0. The first kappa shape index (κ1) is 38.6. The van der Waals surface area contributed by atoms with Gasteiger partial charge in [-0.15, -0.1) is 0 Å². The molecule has 0 aliphatic carbocycles. The second-order valence-electron chi connectivity index (χ2n) is 16.1. The first-order valence-corrected chi connectivity index (χ1v) is 20.5. The van der Waals surface area contributed by atoms with Gasteiger partial charge in [-0.3, -0.25) is 0 Å². The van der Waals surface area contributed by atoms with Crippen LogP contribution in [0.25, 0.3) is 11.1 Å². The van der Waals surface area contributed by atoms with E-state index in [1.54, 1.807) is 0 Å². The largest absolute Gasteiger partial charge is 0.0371 e. The number of pyridine rings is 3. The van der Waals surface area contributed by atoms with Gasteiger partial charge in [0.05, 0.1) is 0 Å². The van der Waals surface area contributed by atoms with Gasteiger partial charge in [0.15, 0.2) is 0 Å². The van der Waals surface area contributed by atoms with Crippen molar-refractivity contribution in [2.75, 3.05) is 14.7 Å². The monoisotopic (exact) mass is 992 g/mol. The van der Waals surface area contributed by atoms with Gasteiger partial charge >= 0.3 is 240 Å². The minimum absolute atomic E-state index is 0. The van der Waals surface area contributed by atoms with Crippen molar-refractivity contribution in [2.45, 2.75) is 52.4 Å². The molecule has 0 radical (unpaired) electrons. The van der Waals surface area contributed by atoms with Gasteiger partial charge in [0.2, 0.25) is 0 Å². The number of rotatable bonds is 6. The Morgan fingerprint density at radius 2 is 1.44 bits per heavy atom. The van der Waals surface area contributed by atoms with E-state index in [1.807, 2.05) is 55.1 Å². The van der Waals surface area contributed by atoms with Gasteiger partial charge in [0.1, 0.15) is 0 Å². The summed E-state index contributed by atoms with van der Waals surface area (Å²) in [6.07, 6.45) is 7.54. The molecule has 7 aromatic rings. The van der Waals surface area contributed by atoms with Crippen LogP contribution in [0.5, 0.6) is 11.5 Å². The molecule has 0 unspecified atom stereocenters. The molecule has 0 N–H and O–H groups in total. The van der Waals surface area contributed by atoms with Gasteiger partial charge in [-0.25, -0.2) is 0 Å². The summed E-state index contributed by atoms with van der Waals surface area (Å²) in [6.45, 7) is 15.5. The third kappa shape index (κ3) is 7.62. The number of aromatic nitrogens is 3. The molecule has 0 atom stereocenters. The first-order chi connectivity index (χ1) is 27.0. The summed E-state index contributed by atoms with van der Waals surface area (Å²) in [6, 6.07) is 45.1. The standard InChI is InChI=1S/C48H41N6OSe.Pt/c1-47(2,3)34-19-23-50-45(27-34)54-40-20-22-49-30-44(40)56-43-18-17-39(29-42(43)54)55-38-15-10-14-36(28-38)53-31-52(41-16-11-21-51-46(41)53)37-25-33(32-12-8-7-9-13-32)24-35(26-37)48(4,5)6;/h7-27,30-31H,1-6H3;/q-3;. The molecule has 4 aromatic carbocycles. The van der Waals surface area contributed by atoms with Crippen LogP contribution in [-0.4, -0.2) is 29.9 Å². The van der Waals surface area contributed by atoms with E-state index in [-0.39, 0.29) is 46.9 Å². The molecule has 9 rings (SSSR count). The van der Waals surface area contributed by atoms with Crippen LogP contribution in [0.1, 0.15) is 52.7 Å². The number of anilines is 7. The van der Waals surface area contributed by atoms with E-state index in [1.165, 1.54) is 31.2 Å². The van der Waals surface area contributed by atoms with Crippen LogP contribution in [0.3, 0.4) is 0 Å². The van der Waals surface area contributed by atoms with Crippen LogP contribution in [0.2, 0.25) is 0 Å². The Kier molecular flexibility index (Phi) is 10.3. The van der Waals surface area contributed by atoms with Crippen LogP contribution < -0.4 is 28.4 Å². The third-order valence-electron chi connectivity index (χ3n) is 10.0. The molecule has 5 heterocycles. The Hall–Kier alpha value is -5.26. The summed E-state index contributed by atoms with van der Waals surface area (Å²) in [5, 5.41) is 0. The Labute approximate surface area is 356 Å². The zero-order chi connectivity index (χ0) is 38.6. The van der Waals surface area contributed by atoms with E-state index < -0.39 is 0 Å². The second kappa shape index (κ2) is 15.2. The van der Waals surface area contributed by atoms with E-state index in [0.717, 1.165) is 40.1 Å². The first-order valence-electron chi connectivity index (χ1n) is 18.7. The normalized spacial score (nSPS) is 13.4. The molecule has 7 nitrogen and oxygen atoms in total. The van der Waals surface area contributed by atoms with Crippen molar-refractivity contribution in [3.05, 3.63) is 164 Å². The number of hydrogen-bond acceptors (Lipinski definition) is 7. The maximum Gasteiger partial charge on any atom is 0 e. The molecule has 2 aliphatic rings. The predicted octanol–water partition coefficient (Wildman–Crippen LogP) is 10.4. The molecule has 0 spiro atoms. The molecule has 57 heavy (non-hydrogen) atoms. The second-order valence-corrected chi connectivity index (χ2v) is 18.3. The van der Waals surface area contributed by atoms with Crippen molar-refractivity contribution >= 4 is 64.0 Å². The zero-order valence-electron chi connectivity index (χ0n) is 32.6. The zero-order valence-corrected chi connectivity index (χ0v) is 36.6. The molecule has 3 aromatic heterocycles. The van der Waals surface area contributed by atoms with Gasteiger partial charge in [0.25, 0.3) is 0 Å². The van der Waals surface area contributed by atoms with Crippen LogP contribution in [0.4, 0.5) is 40.1 Å². The van der Waals surface area contributed by atoms with Crippen molar-refractivity contribution in [3.8, 4) is 22.6 Å². The van der Waals surface area contributed by atoms with Crippen molar-refractivity contribution in [1.29, 1.82) is 0 Å². The van der Waals surface area contributed by atoms with Gasteiger partial charge in [-0.1, -0.05) is 57.2 Å². The SMILES string of the molecule is CC(C)(C)c1cc(-c2ccccc2)cc(N2[CH-]N(c3[c-]c(Oc4[c-]c5c(cc4)[Se]c4cnccc4N5c4cc(C(C)(C)C)ccn4)ccc3)c3ncccc32)c1.[Pt]. The molecule has 0 saturated carbocycles. The number of fused-ring (bicyclic) bond motifs is 3. The minimum atomic E-state index is -0.0462. The van der Waals surface area contributed by atoms with E-state index in [2.05, 4.69) is 159 Å². The summed E-state index contributed by atoms with van der Waals surface area (Å²) in [4.78, 5) is 20.6. The minimum Gasteiger partial charge on any atom is -0.0371 e. The van der Waals surface area contributed by atoms with Gasteiger partial charge in [0, 0.05) is 21.1 Å². The smallest absolute Gasteiger partial charge is 0 e. The molecule has 0 saturated heterocycles. The molecule has 288 valence electrons.